The number of hydrogen-bond donors (Lipinski definition) is 1. The maximum atomic E-state index is 12.4. The molecule has 1 aliphatic rings. The highest BCUT2D eigenvalue weighted by Crippen LogP contribution is 2.18. The Morgan fingerprint density at radius 3 is 2.38 bits per heavy atom. The number of nitrogens with one attached hydrogen (secondary N) is 1. The van der Waals surface area contributed by atoms with E-state index in [0.29, 0.717) is 17.0 Å². The molecule has 2 heterocycles. The zero-order chi connectivity index (χ0) is 20.1. The first-order valence-corrected chi connectivity index (χ1v) is 9.66. The van der Waals surface area contributed by atoms with Crippen LogP contribution in [0.2, 0.25) is 0 Å². The third-order valence-corrected chi connectivity index (χ3v) is 4.79. The molecular formula is C23H22N2O4. The number of amides is 2. The number of rotatable bonds is 6. The van der Waals surface area contributed by atoms with Crippen molar-refractivity contribution in [3.05, 3.63) is 83.8 Å². The van der Waals surface area contributed by atoms with Crippen molar-refractivity contribution in [3.63, 3.8) is 0 Å². The molecule has 1 fully saturated rings. The summed E-state index contributed by atoms with van der Waals surface area (Å²) in [5.41, 5.74) is 1.23. The van der Waals surface area contributed by atoms with Gasteiger partial charge < -0.3 is 19.4 Å². The van der Waals surface area contributed by atoms with Crippen molar-refractivity contribution in [1.82, 2.24) is 4.90 Å². The molecule has 6 nitrogen and oxygen atoms in total. The number of hydrogen-bond acceptors (Lipinski definition) is 4. The molecule has 6 heteroatoms. The molecule has 0 unspecified atom stereocenters. The molecule has 2 amide bonds. The largest absolute Gasteiger partial charge is 0.486 e. The van der Waals surface area contributed by atoms with Gasteiger partial charge >= 0.3 is 0 Å². The van der Waals surface area contributed by atoms with Crippen molar-refractivity contribution < 1.29 is 18.7 Å². The summed E-state index contributed by atoms with van der Waals surface area (Å²) in [7, 11) is 0. The summed E-state index contributed by atoms with van der Waals surface area (Å²) in [5, 5.41) is 2.78. The summed E-state index contributed by atoms with van der Waals surface area (Å²) in [4.78, 5) is 26.6. The standard InChI is InChI=1S/C23H22N2O4/c26-22(21-13-12-20(29-21)16-28-19-6-2-1-3-7-19)24-18-10-8-17(9-11-18)23(27)25-14-4-5-15-25/h1-3,6-13H,4-5,14-16H2,(H,24,26). The zero-order valence-corrected chi connectivity index (χ0v) is 16.0. The van der Waals surface area contributed by atoms with Gasteiger partial charge in [-0.2, -0.15) is 0 Å². The molecule has 1 saturated heterocycles. The number of carbonyl (C=O) groups is 2. The first kappa shape index (κ1) is 18.8. The zero-order valence-electron chi connectivity index (χ0n) is 16.0. The average molecular weight is 390 g/mol. The minimum atomic E-state index is -0.352. The molecule has 29 heavy (non-hydrogen) atoms. The van der Waals surface area contributed by atoms with Gasteiger partial charge in [-0.05, 0) is 61.4 Å². The van der Waals surface area contributed by atoms with Gasteiger partial charge in [-0.1, -0.05) is 18.2 Å². The first-order valence-electron chi connectivity index (χ1n) is 9.66. The molecule has 4 rings (SSSR count). The van der Waals surface area contributed by atoms with Crippen LogP contribution >= 0.6 is 0 Å². The highest BCUT2D eigenvalue weighted by Gasteiger charge is 2.19. The summed E-state index contributed by atoms with van der Waals surface area (Å²) in [6.45, 7) is 1.86. The summed E-state index contributed by atoms with van der Waals surface area (Å²) in [6.07, 6.45) is 2.11. The first-order chi connectivity index (χ1) is 14.2. The molecular weight excluding hydrogens is 368 g/mol. The Hall–Kier alpha value is -3.54. The molecule has 2 aromatic carbocycles. The van der Waals surface area contributed by atoms with Crippen LogP contribution < -0.4 is 10.1 Å². The van der Waals surface area contributed by atoms with E-state index in [2.05, 4.69) is 5.32 Å². The molecule has 0 atom stereocenters. The maximum Gasteiger partial charge on any atom is 0.291 e. The highest BCUT2D eigenvalue weighted by molar-refractivity contribution is 6.02. The molecule has 0 saturated carbocycles. The van der Waals surface area contributed by atoms with Gasteiger partial charge in [0.2, 0.25) is 0 Å². The Morgan fingerprint density at radius 2 is 1.66 bits per heavy atom. The fourth-order valence-corrected chi connectivity index (χ4v) is 3.24. The molecule has 1 aliphatic heterocycles. The van der Waals surface area contributed by atoms with Crippen molar-refractivity contribution >= 4 is 17.5 Å². The predicted octanol–water partition coefficient (Wildman–Crippen LogP) is 4.35. The Labute approximate surface area is 169 Å². The normalized spacial score (nSPS) is 13.3. The van der Waals surface area contributed by atoms with Crippen LogP contribution in [0.3, 0.4) is 0 Å². The third kappa shape index (κ3) is 4.66. The number of nitrogens with zero attached hydrogens (tertiary/aromatic N) is 1. The number of benzene rings is 2. The van der Waals surface area contributed by atoms with Crippen molar-refractivity contribution in [1.29, 1.82) is 0 Å². The number of para-hydroxylation sites is 1. The van der Waals surface area contributed by atoms with E-state index < -0.39 is 0 Å². The summed E-state index contributed by atoms with van der Waals surface area (Å²) in [5.74, 6) is 1.18. The molecule has 0 radical (unpaired) electrons. The smallest absolute Gasteiger partial charge is 0.291 e. The van der Waals surface area contributed by atoms with Crippen LogP contribution in [-0.2, 0) is 6.61 Å². The SMILES string of the molecule is O=C(Nc1ccc(C(=O)N2CCCC2)cc1)c1ccc(COc2ccccc2)o1. The second-order valence-corrected chi connectivity index (χ2v) is 6.90. The van der Waals surface area contributed by atoms with Crippen LogP contribution in [0, 0.1) is 0 Å². The highest BCUT2D eigenvalue weighted by atomic mass is 16.5. The van der Waals surface area contributed by atoms with E-state index in [4.69, 9.17) is 9.15 Å². The monoisotopic (exact) mass is 390 g/mol. The van der Waals surface area contributed by atoms with Crippen molar-refractivity contribution in [2.75, 3.05) is 18.4 Å². The van der Waals surface area contributed by atoms with E-state index in [1.54, 1.807) is 36.4 Å². The van der Waals surface area contributed by atoms with Gasteiger partial charge in [-0.25, -0.2) is 0 Å². The fourth-order valence-electron chi connectivity index (χ4n) is 3.24. The van der Waals surface area contributed by atoms with E-state index in [1.807, 2.05) is 35.2 Å². The fraction of sp³-hybridized carbons (Fsp3) is 0.217. The maximum absolute atomic E-state index is 12.4. The number of anilines is 1. The van der Waals surface area contributed by atoms with Crippen molar-refractivity contribution in [2.45, 2.75) is 19.4 Å². The van der Waals surface area contributed by atoms with Crippen LogP contribution in [0.4, 0.5) is 5.69 Å². The van der Waals surface area contributed by atoms with Crippen molar-refractivity contribution in [3.8, 4) is 5.75 Å². The predicted molar refractivity (Wildman–Crippen MR) is 109 cm³/mol. The summed E-state index contributed by atoms with van der Waals surface area (Å²) in [6, 6.07) is 19.7. The Balaban J connectivity index is 1.33. The van der Waals surface area contributed by atoms with Crippen LogP contribution in [0.15, 0.2) is 71.1 Å². The van der Waals surface area contributed by atoms with E-state index in [-0.39, 0.29) is 24.2 Å². The van der Waals surface area contributed by atoms with Gasteiger partial charge in [0.25, 0.3) is 11.8 Å². The van der Waals surface area contributed by atoms with Gasteiger partial charge in [-0.15, -0.1) is 0 Å². The lowest BCUT2D eigenvalue weighted by atomic mass is 10.2. The lowest BCUT2D eigenvalue weighted by molar-refractivity contribution is 0.0792. The van der Waals surface area contributed by atoms with E-state index in [1.165, 1.54) is 0 Å². The number of likely N-dealkylation sites (tertiary alicyclic amines) is 1. The Kier molecular flexibility index (Phi) is 5.61. The van der Waals surface area contributed by atoms with E-state index >= 15 is 0 Å². The molecule has 1 aromatic heterocycles. The van der Waals surface area contributed by atoms with Crippen LogP contribution in [0.25, 0.3) is 0 Å². The Bertz CT molecular complexity index is 974. The van der Waals surface area contributed by atoms with Gasteiger partial charge in [-0.3, -0.25) is 9.59 Å². The van der Waals surface area contributed by atoms with Crippen molar-refractivity contribution in [2.24, 2.45) is 0 Å². The topological polar surface area (TPSA) is 71.8 Å². The van der Waals surface area contributed by atoms with E-state index in [0.717, 1.165) is 31.7 Å². The number of ether oxygens (including phenoxy) is 1. The van der Waals surface area contributed by atoms with Crippen LogP contribution in [-0.4, -0.2) is 29.8 Å². The second-order valence-electron chi connectivity index (χ2n) is 6.90. The average Bonchev–Trinajstić information content (AvgIpc) is 3.45. The minimum absolute atomic E-state index is 0.0365. The molecule has 1 N–H and O–H groups in total. The lowest BCUT2D eigenvalue weighted by Crippen LogP contribution is -2.27. The molecule has 3 aromatic rings. The van der Waals surface area contributed by atoms with Gasteiger partial charge in [0, 0.05) is 24.3 Å². The molecule has 0 spiro atoms. The van der Waals surface area contributed by atoms with Crippen LogP contribution in [0.1, 0.15) is 39.5 Å². The van der Waals surface area contributed by atoms with Gasteiger partial charge in [0.15, 0.2) is 5.76 Å². The summed E-state index contributed by atoms with van der Waals surface area (Å²) >= 11 is 0. The Morgan fingerprint density at radius 1 is 0.931 bits per heavy atom. The number of carbonyl (C=O) groups excluding carboxylic acids is 2. The van der Waals surface area contributed by atoms with Crippen LogP contribution in [0.5, 0.6) is 5.75 Å². The third-order valence-electron chi connectivity index (χ3n) is 4.79. The number of furan rings is 1. The van der Waals surface area contributed by atoms with Gasteiger partial charge in [0.1, 0.15) is 18.1 Å². The molecule has 0 aliphatic carbocycles. The minimum Gasteiger partial charge on any atom is -0.486 e. The summed E-state index contributed by atoms with van der Waals surface area (Å²) < 4.78 is 11.2. The van der Waals surface area contributed by atoms with Gasteiger partial charge in [0.05, 0.1) is 0 Å². The van der Waals surface area contributed by atoms with E-state index in [9.17, 15) is 9.59 Å². The molecule has 0 bridgehead atoms. The second kappa shape index (κ2) is 8.65. The lowest BCUT2D eigenvalue weighted by Gasteiger charge is -2.15. The quantitative estimate of drug-likeness (QED) is 0.679. The molecule has 148 valence electrons.